The average Bonchev–Trinajstić information content (AvgIpc) is 2.46. The molecule has 0 radical (unpaired) electrons. The van der Waals surface area contributed by atoms with Gasteiger partial charge in [0.2, 0.25) is 0 Å². The van der Waals surface area contributed by atoms with E-state index in [9.17, 15) is 4.79 Å². The molecule has 4 nitrogen and oxygen atoms in total. The molecule has 20 heavy (non-hydrogen) atoms. The molecule has 0 aromatic carbocycles. The van der Waals surface area contributed by atoms with Gasteiger partial charge in [-0.1, -0.05) is 27.7 Å². The van der Waals surface area contributed by atoms with Crippen molar-refractivity contribution >= 4 is 5.78 Å². The van der Waals surface area contributed by atoms with Crippen LogP contribution >= 0.6 is 0 Å². The first kappa shape index (κ1) is 19.6. The van der Waals surface area contributed by atoms with Crippen LogP contribution in [0.25, 0.3) is 0 Å². The lowest BCUT2D eigenvalue weighted by atomic mass is 10.2. The Hall–Kier alpha value is -0.450. The number of hydrogen-bond acceptors (Lipinski definition) is 4. The molecule has 0 fully saturated rings. The second-order valence-electron chi connectivity index (χ2n) is 5.38. The number of hydrogen-bond donors (Lipinski definition) is 0. The van der Waals surface area contributed by atoms with Gasteiger partial charge in [-0.05, 0) is 40.0 Å². The molecule has 0 spiro atoms. The minimum Gasteiger partial charge on any atom is -0.303 e. The van der Waals surface area contributed by atoms with Crippen LogP contribution in [0.1, 0.15) is 41.5 Å². The molecule has 0 bridgehead atoms. The molecule has 4 heteroatoms. The molecule has 0 saturated carbocycles. The van der Waals surface area contributed by atoms with E-state index in [-0.39, 0.29) is 11.8 Å². The molecule has 0 aromatic rings. The smallest absolute Gasteiger partial charge is 0.146 e. The molecule has 0 rings (SSSR count). The van der Waals surface area contributed by atoms with Gasteiger partial charge in [-0.15, -0.1) is 0 Å². The van der Waals surface area contributed by atoms with E-state index >= 15 is 0 Å². The summed E-state index contributed by atoms with van der Waals surface area (Å²) in [6.45, 7) is 20.9. The van der Waals surface area contributed by atoms with Crippen LogP contribution in [0, 0.1) is 0 Å². The van der Waals surface area contributed by atoms with E-state index in [2.05, 4.69) is 42.4 Å². The van der Waals surface area contributed by atoms with Gasteiger partial charge >= 0.3 is 0 Å². The van der Waals surface area contributed by atoms with E-state index in [0.717, 1.165) is 52.4 Å². The third-order valence-electron chi connectivity index (χ3n) is 4.33. The molecule has 0 aliphatic rings. The number of nitrogens with zero attached hydrogens (tertiary/aromatic N) is 3. The van der Waals surface area contributed by atoms with Crippen molar-refractivity contribution in [2.75, 3.05) is 52.4 Å². The Morgan fingerprint density at radius 1 is 0.800 bits per heavy atom. The molecule has 1 unspecified atom stereocenters. The molecule has 120 valence electrons. The fourth-order valence-corrected chi connectivity index (χ4v) is 2.38. The number of ketones is 1. The first-order valence-electron chi connectivity index (χ1n) is 8.19. The van der Waals surface area contributed by atoms with Crippen molar-refractivity contribution in [2.24, 2.45) is 0 Å². The first-order chi connectivity index (χ1) is 9.49. The standard InChI is InChI=1S/C16H35N3O/c1-7-17(8-2)11-13-19(15(5)16(6)20)14-12-18(9-3)10-4/h15H,7-14H2,1-6H3. The third-order valence-corrected chi connectivity index (χ3v) is 4.33. The molecule has 0 amide bonds. The summed E-state index contributed by atoms with van der Waals surface area (Å²) >= 11 is 0. The van der Waals surface area contributed by atoms with Gasteiger partial charge in [-0.3, -0.25) is 9.69 Å². The van der Waals surface area contributed by atoms with Crippen LogP contribution in [0.3, 0.4) is 0 Å². The van der Waals surface area contributed by atoms with Crippen LogP contribution in [0.15, 0.2) is 0 Å². The summed E-state index contributed by atoms with van der Waals surface area (Å²) in [7, 11) is 0. The molecule has 0 aliphatic heterocycles. The van der Waals surface area contributed by atoms with E-state index < -0.39 is 0 Å². The second kappa shape index (κ2) is 11.2. The van der Waals surface area contributed by atoms with E-state index in [4.69, 9.17) is 0 Å². The van der Waals surface area contributed by atoms with Gasteiger partial charge in [-0.2, -0.15) is 0 Å². The highest BCUT2D eigenvalue weighted by atomic mass is 16.1. The summed E-state index contributed by atoms with van der Waals surface area (Å²) in [6.07, 6.45) is 0. The van der Waals surface area contributed by atoms with Crippen molar-refractivity contribution in [2.45, 2.75) is 47.6 Å². The summed E-state index contributed by atoms with van der Waals surface area (Å²) in [5.74, 6) is 0.268. The Morgan fingerprint density at radius 2 is 1.15 bits per heavy atom. The zero-order valence-corrected chi connectivity index (χ0v) is 14.5. The van der Waals surface area contributed by atoms with E-state index in [0.29, 0.717) is 0 Å². The highest BCUT2D eigenvalue weighted by Gasteiger charge is 2.18. The predicted octanol–water partition coefficient (Wildman–Crippen LogP) is 1.95. The lowest BCUT2D eigenvalue weighted by Crippen LogP contribution is -2.46. The SMILES string of the molecule is CCN(CC)CCN(CCN(CC)CC)C(C)C(C)=O. The largest absolute Gasteiger partial charge is 0.303 e. The molecule has 0 aliphatic carbocycles. The number of carbonyl (C=O) groups excluding carboxylic acids is 1. The Bertz CT molecular complexity index is 234. The Kier molecular flexibility index (Phi) is 11.0. The van der Waals surface area contributed by atoms with Crippen molar-refractivity contribution in [1.29, 1.82) is 0 Å². The maximum atomic E-state index is 11.7. The summed E-state index contributed by atoms with van der Waals surface area (Å²) in [5.41, 5.74) is 0. The first-order valence-corrected chi connectivity index (χ1v) is 8.19. The third kappa shape index (κ3) is 7.36. The summed E-state index contributed by atoms with van der Waals surface area (Å²) < 4.78 is 0. The molecule has 0 heterocycles. The van der Waals surface area contributed by atoms with Crippen molar-refractivity contribution in [3.05, 3.63) is 0 Å². The quantitative estimate of drug-likeness (QED) is 0.548. The second-order valence-corrected chi connectivity index (χ2v) is 5.38. The van der Waals surface area contributed by atoms with Crippen LogP contribution in [0.2, 0.25) is 0 Å². The van der Waals surface area contributed by atoms with Gasteiger partial charge < -0.3 is 9.80 Å². The number of carbonyl (C=O) groups is 1. The van der Waals surface area contributed by atoms with Gasteiger partial charge in [0, 0.05) is 26.2 Å². The Labute approximate surface area is 126 Å². The van der Waals surface area contributed by atoms with E-state index in [1.165, 1.54) is 0 Å². The van der Waals surface area contributed by atoms with Crippen LogP contribution in [0.4, 0.5) is 0 Å². The minimum absolute atomic E-state index is 0.0288. The van der Waals surface area contributed by atoms with Crippen LogP contribution in [-0.4, -0.2) is 78.9 Å². The lowest BCUT2D eigenvalue weighted by molar-refractivity contribution is -0.121. The maximum Gasteiger partial charge on any atom is 0.146 e. The lowest BCUT2D eigenvalue weighted by Gasteiger charge is -2.31. The van der Waals surface area contributed by atoms with Crippen LogP contribution in [-0.2, 0) is 4.79 Å². The number of likely N-dealkylation sites (N-methyl/N-ethyl adjacent to an activating group) is 2. The fraction of sp³-hybridized carbons (Fsp3) is 0.938. The van der Waals surface area contributed by atoms with Gasteiger partial charge in [0.05, 0.1) is 6.04 Å². The summed E-state index contributed by atoms with van der Waals surface area (Å²) in [4.78, 5) is 18.8. The van der Waals surface area contributed by atoms with Crippen molar-refractivity contribution in [3.8, 4) is 0 Å². The van der Waals surface area contributed by atoms with Gasteiger partial charge in [0.25, 0.3) is 0 Å². The monoisotopic (exact) mass is 285 g/mol. The normalized spacial score (nSPS) is 13.4. The number of rotatable bonds is 12. The van der Waals surface area contributed by atoms with Crippen molar-refractivity contribution in [3.63, 3.8) is 0 Å². The van der Waals surface area contributed by atoms with Gasteiger partial charge in [0.15, 0.2) is 0 Å². The highest BCUT2D eigenvalue weighted by molar-refractivity contribution is 5.80. The average molecular weight is 285 g/mol. The molecule has 1 atom stereocenters. The van der Waals surface area contributed by atoms with E-state index in [1.807, 2.05) is 6.92 Å². The topological polar surface area (TPSA) is 26.8 Å². The fourth-order valence-electron chi connectivity index (χ4n) is 2.38. The van der Waals surface area contributed by atoms with Crippen LogP contribution < -0.4 is 0 Å². The zero-order chi connectivity index (χ0) is 15.5. The maximum absolute atomic E-state index is 11.7. The van der Waals surface area contributed by atoms with Crippen molar-refractivity contribution in [1.82, 2.24) is 14.7 Å². The predicted molar refractivity (Wildman–Crippen MR) is 87.3 cm³/mol. The molecular weight excluding hydrogens is 250 g/mol. The van der Waals surface area contributed by atoms with Crippen LogP contribution in [0.5, 0.6) is 0 Å². The summed E-state index contributed by atoms with van der Waals surface area (Å²) in [6, 6.07) is 0.0288. The highest BCUT2D eigenvalue weighted by Crippen LogP contribution is 2.02. The van der Waals surface area contributed by atoms with Gasteiger partial charge in [0.1, 0.15) is 5.78 Å². The zero-order valence-electron chi connectivity index (χ0n) is 14.5. The van der Waals surface area contributed by atoms with E-state index in [1.54, 1.807) is 6.92 Å². The van der Waals surface area contributed by atoms with Crippen molar-refractivity contribution < 1.29 is 4.79 Å². The molecule has 0 N–H and O–H groups in total. The molecular formula is C16H35N3O. The summed E-state index contributed by atoms with van der Waals surface area (Å²) in [5, 5.41) is 0. The van der Waals surface area contributed by atoms with Gasteiger partial charge in [-0.25, -0.2) is 0 Å². The Morgan fingerprint density at radius 3 is 1.40 bits per heavy atom. The Balaban J connectivity index is 4.45. The molecule has 0 aromatic heterocycles. The minimum atomic E-state index is 0.0288. The molecule has 0 saturated heterocycles. The number of Topliss-reactive ketones (excluding diaryl/α,β-unsaturated/α-hetero) is 1.